The van der Waals surface area contributed by atoms with E-state index >= 15 is 0 Å². The fourth-order valence-electron chi connectivity index (χ4n) is 4.44. The summed E-state index contributed by atoms with van der Waals surface area (Å²) in [7, 11) is 1.63. The summed E-state index contributed by atoms with van der Waals surface area (Å²) in [5.41, 5.74) is 6.01. The highest BCUT2D eigenvalue weighted by molar-refractivity contribution is 6.03. The van der Waals surface area contributed by atoms with Crippen LogP contribution in [0.25, 0.3) is 16.7 Å². The fraction of sp³-hybridized carbons (Fsp3) is 0.185. The zero-order valence-electron chi connectivity index (χ0n) is 18.8. The van der Waals surface area contributed by atoms with E-state index in [0.717, 1.165) is 33.5 Å². The van der Waals surface area contributed by atoms with Crippen LogP contribution < -0.4 is 10.1 Å². The van der Waals surface area contributed by atoms with Gasteiger partial charge in [-0.15, -0.1) is 0 Å². The molecule has 0 saturated heterocycles. The van der Waals surface area contributed by atoms with E-state index in [1.165, 1.54) is 0 Å². The van der Waals surface area contributed by atoms with E-state index in [4.69, 9.17) is 14.5 Å². The van der Waals surface area contributed by atoms with E-state index in [2.05, 4.69) is 28.9 Å². The zero-order valence-corrected chi connectivity index (χ0v) is 18.8. The minimum atomic E-state index is -0.397. The molecule has 1 aromatic heterocycles. The molecule has 0 saturated carbocycles. The fourth-order valence-corrected chi connectivity index (χ4v) is 4.44. The molecule has 1 aliphatic heterocycles. The zero-order chi connectivity index (χ0) is 22.9. The molecular weight excluding hydrogens is 414 g/mol. The highest BCUT2D eigenvalue weighted by atomic mass is 16.5. The van der Waals surface area contributed by atoms with Gasteiger partial charge in [0, 0.05) is 0 Å². The molecule has 0 amide bonds. The first-order chi connectivity index (χ1) is 16.1. The lowest BCUT2D eigenvalue weighted by Gasteiger charge is -2.32. The predicted molar refractivity (Wildman–Crippen MR) is 129 cm³/mol. The molecule has 33 heavy (non-hydrogen) atoms. The van der Waals surface area contributed by atoms with Gasteiger partial charge in [0.2, 0.25) is 5.95 Å². The minimum absolute atomic E-state index is 0.288. The van der Waals surface area contributed by atoms with E-state index in [0.29, 0.717) is 17.2 Å². The molecule has 166 valence electrons. The predicted octanol–water partition coefficient (Wildman–Crippen LogP) is 5.34. The van der Waals surface area contributed by atoms with E-state index < -0.39 is 6.04 Å². The lowest BCUT2D eigenvalue weighted by atomic mass is 9.90. The minimum Gasteiger partial charge on any atom is -0.497 e. The number of imidazole rings is 1. The van der Waals surface area contributed by atoms with Gasteiger partial charge in [-0.3, -0.25) is 4.57 Å². The van der Waals surface area contributed by atoms with Crippen LogP contribution in [0.1, 0.15) is 29.7 Å². The molecule has 6 heteroatoms. The first kappa shape index (κ1) is 20.8. The summed E-state index contributed by atoms with van der Waals surface area (Å²) in [5.74, 6) is 1.08. The highest BCUT2D eigenvalue weighted by Gasteiger charge is 2.37. The van der Waals surface area contributed by atoms with Crippen molar-refractivity contribution in [1.82, 2.24) is 9.55 Å². The van der Waals surface area contributed by atoms with Gasteiger partial charge in [-0.25, -0.2) is 9.78 Å². The maximum atomic E-state index is 13.5. The van der Waals surface area contributed by atoms with Gasteiger partial charge >= 0.3 is 5.97 Å². The van der Waals surface area contributed by atoms with E-state index in [-0.39, 0.29) is 12.6 Å². The van der Waals surface area contributed by atoms with Crippen molar-refractivity contribution in [2.45, 2.75) is 19.9 Å². The second-order valence-electron chi connectivity index (χ2n) is 7.92. The summed E-state index contributed by atoms with van der Waals surface area (Å²) in [4.78, 5) is 18.3. The topological polar surface area (TPSA) is 65.4 Å². The van der Waals surface area contributed by atoms with Gasteiger partial charge in [0.05, 0.1) is 42.1 Å². The third kappa shape index (κ3) is 3.53. The summed E-state index contributed by atoms with van der Waals surface area (Å²) in [6, 6.07) is 23.3. The molecule has 0 fully saturated rings. The summed E-state index contributed by atoms with van der Waals surface area (Å²) in [6.07, 6.45) is 0. The largest absolute Gasteiger partial charge is 0.497 e. The number of rotatable bonds is 5. The van der Waals surface area contributed by atoms with Crippen LogP contribution in [-0.4, -0.2) is 29.2 Å². The molecule has 4 aromatic rings. The number of esters is 1. The molecular formula is C27H25N3O3. The van der Waals surface area contributed by atoms with Gasteiger partial charge < -0.3 is 14.8 Å². The van der Waals surface area contributed by atoms with Crippen molar-refractivity contribution in [2.24, 2.45) is 0 Å². The van der Waals surface area contributed by atoms with Gasteiger partial charge in [-0.2, -0.15) is 0 Å². The average Bonchev–Trinajstić information content (AvgIpc) is 3.22. The average molecular weight is 440 g/mol. The van der Waals surface area contributed by atoms with Crippen LogP contribution in [0.3, 0.4) is 0 Å². The van der Waals surface area contributed by atoms with Crippen molar-refractivity contribution in [3.8, 4) is 5.75 Å². The number of anilines is 1. The summed E-state index contributed by atoms with van der Waals surface area (Å²) in [6.45, 7) is 4.17. The molecule has 2 heterocycles. The van der Waals surface area contributed by atoms with Crippen LogP contribution in [0.2, 0.25) is 0 Å². The van der Waals surface area contributed by atoms with Gasteiger partial charge in [-0.05, 0) is 66.9 Å². The number of hydrogen-bond acceptors (Lipinski definition) is 5. The number of hydrogen-bond donors (Lipinski definition) is 1. The number of fused-ring (bicyclic) bond motifs is 3. The Morgan fingerprint density at radius 2 is 1.76 bits per heavy atom. The van der Waals surface area contributed by atoms with Crippen LogP contribution in [0.15, 0.2) is 78.4 Å². The van der Waals surface area contributed by atoms with Crippen LogP contribution in [-0.2, 0) is 9.53 Å². The number of nitrogens with one attached hydrogen (secondary N) is 1. The highest BCUT2D eigenvalue weighted by Crippen LogP contribution is 2.43. The van der Waals surface area contributed by atoms with Crippen molar-refractivity contribution in [3.63, 3.8) is 0 Å². The normalized spacial score (nSPS) is 15.2. The lowest BCUT2D eigenvalue weighted by molar-refractivity contribution is -0.138. The number of nitrogens with zero attached hydrogens (tertiary/aromatic N) is 2. The molecule has 1 aliphatic rings. The van der Waals surface area contributed by atoms with Crippen LogP contribution in [0.5, 0.6) is 5.75 Å². The quantitative estimate of drug-likeness (QED) is 0.425. The van der Waals surface area contributed by atoms with Crippen LogP contribution >= 0.6 is 0 Å². The Morgan fingerprint density at radius 1 is 1.03 bits per heavy atom. The number of aryl methyl sites for hydroxylation is 1. The third-order valence-corrected chi connectivity index (χ3v) is 5.99. The molecule has 0 radical (unpaired) electrons. The molecule has 1 N–H and O–H groups in total. The van der Waals surface area contributed by atoms with Gasteiger partial charge in [0.25, 0.3) is 0 Å². The number of benzene rings is 3. The van der Waals surface area contributed by atoms with Crippen molar-refractivity contribution < 1.29 is 14.3 Å². The second-order valence-corrected chi connectivity index (χ2v) is 7.92. The molecule has 1 atom stereocenters. The molecule has 3 aromatic carbocycles. The number of methoxy groups -OCH3 is 1. The molecule has 1 unspecified atom stereocenters. The second kappa shape index (κ2) is 8.47. The number of aromatic nitrogens is 2. The van der Waals surface area contributed by atoms with E-state index in [1.54, 1.807) is 7.11 Å². The first-order valence-corrected chi connectivity index (χ1v) is 11.0. The summed E-state index contributed by atoms with van der Waals surface area (Å²) >= 11 is 0. The summed E-state index contributed by atoms with van der Waals surface area (Å²) < 4.78 is 13.0. The van der Waals surface area contributed by atoms with Crippen LogP contribution in [0.4, 0.5) is 5.95 Å². The van der Waals surface area contributed by atoms with Crippen molar-refractivity contribution in [2.75, 3.05) is 19.0 Å². The number of carbonyl (C=O) groups is 1. The monoisotopic (exact) mass is 439 g/mol. The van der Waals surface area contributed by atoms with Crippen molar-refractivity contribution in [3.05, 3.63) is 95.1 Å². The third-order valence-electron chi connectivity index (χ3n) is 5.99. The molecule has 6 nitrogen and oxygen atoms in total. The Morgan fingerprint density at radius 3 is 2.48 bits per heavy atom. The first-order valence-electron chi connectivity index (χ1n) is 11.0. The Labute approximate surface area is 192 Å². The molecule has 0 aliphatic carbocycles. The number of ether oxygens (including phenoxy) is 2. The Bertz CT molecular complexity index is 1370. The smallest absolute Gasteiger partial charge is 0.338 e. The molecule has 0 spiro atoms. The molecule has 0 bridgehead atoms. The number of para-hydroxylation sites is 2. The van der Waals surface area contributed by atoms with Gasteiger partial charge in [0.15, 0.2) is 0 Å². The van der Waals surface area contributed by atoms with Crippen molar-refractivity contribution >= 4 is 28.6 Å². The Balaban J connectivity index is 1.83. The number of carbonyl (C=O) groups excluding carboxylic acids is 1. The Kier molecular flexibility index (Phi) is 5.34. The van der Waals surface area contributed by atoms with Gasteiger partial charge in [0.1, 0.15) is 5.75 Å². The van der Waals surface area contributed by atoms with Gasteiger partial charge in [-0.1, -0.05) is 36.4 Å². The maximum Gasteiger partial charge on any atom is 0.338 e. The summed E-state index contributed by atoms with van der Waals surface area (Å²) in [5, 5.41) is 3.44. The molecule has 5 rings (SSSR count). The van der Waals surface area contributed by atoms with E-state index in [9.17, 15) is 4.79 Å². The Hall–Kier alpha value is -4.06. The SMILES string of the molecule is CCOC(=O)C1=C(c2ccc(OC)cc2)Nc2nc3ccccc3n2C1c1ccccc1C. The van der Waals surface area contributed by atoms with Crippen LogP contribution in [0, 0.1) is 6.92 Å². The maximum absolute atomic E-state index is 13.5. The lowest BCUT2D eigenvalue weighted by Crippen LogP contribution is -2.29. The van der Waals surface area contributed by atoms with E-state index in [1.807, 2.05) is 67.6 Å². The van der Waals surface area contributed by atoms with Crippen molar-refractivity contribution in [1.29, 1.82) is 0 Å². The standard InChI is InChI=1S/C27H25N3O3/c1-4-33-26(31)23-24(18-13-15-19(32-3)16-14-18)29-27-28-21-11-7-8-12-22(21)30(27)25(23)20-10-6-5-9-17(20)2/h5-16,25H,4H2,1-3H3,(H,28,29).